The third-order valence-corrected chi connectivity index (χ3v) is 4.23. The van der Waals surface area contributed by atoms with Crippen molar-refractivity contribution in [3.05, 3.63) is 58.6 Å². The predicted octanol–water partition coefficient (Wildman–Crippen LogP) is 3.43. The lowest BCUT2D eigenvalue weighted by Crippen LogP contribution is -1.98. The van der Waals surface area contributed by atoms with E-state index in [4.69, 9.17) is 4.74 Å². The molecule has 0 saturated heterocycles. The zero-order valence-corrected chi connectivity index (χ0v) is 12.7. The number of benzene rings is 2. The molecule has 0 saturated carbocycles. The lowest BCUT2D eigenvalue weighted by atomic mass is 10.2. The Hall–Kier alpha value is -1.33. The van der Waals surface area contributed by atoms with Gasteiger partial charge < -0.3 is 4.74 Å². The van der Waals surface area contributed by atoms with E-state index in [1.165, 1.54) is 6.26 Å². The maximum absolute atomic E-state index is 11.3. The van der Waals surface area contributed by atoms with Crippen molar-refractivity contribution in [2.45, 2.75) is 11.5 Å². The SMILES string of the molecule is CS(=O)(=O)c1ccc(OCc2ccc(Br)cc2)cc1. The number of ether oxygens (including phenoxy) is 1. The maximum atomic E-state index is 11.3. The molecule has 0 bridgehead atoms. The highest BCUT2D eigenvalue weighted by Gasteiger charge is 2.06. The maximum Gasteiger partial charge on any atom is 0.175 e. The summed E-state index contributed by atoms with van der Waals surface area (Å²) in [7, 11) is -3.15. The summed E-state index contributed by atoms with van der Waals surface area (Å²) >= 11 is 3.37. The Morgan fingerprint density at radius 2 is 1.58 bits per heavy atom. The zero-order valence-electron chi connectivity index (χ0n) is 10.3. The van der Waals surface area contributed by atoms with Gasteiger partial charge in [0.2, 0.25) is 0 Å². The van der Waals surface area contributed by atoms with Gasteiger partial charge in [0.15, 0.2) is 9.84 Å². The van der Waals surface area contributed by atoms with Gasteiger partial charge in [0.05, 0.1) is 4.90 Å². The van der Waals surface area contributed by atoms with Crippen molar-refractivity contribution in [2.24, 2.45) is 0 Å². The Bertz CT molecular complexity index is 646. The van der Waals surface area contributed by atoms with Crippen molar-refractivity contribution in [3.8, 4) is 5.75 Å². The molecule has 0 fully saturated rings. The first-order chi connectivity index (χ1) is 8.95. The van der Waals surface area contributed by atoms with Gasteiger partial charge in [-0.25, -0.2) is 8.42 Å². The smallest absolute Gasteiger partial charge is 0.175 e. The van der Waals surface area contributed by atoms with Crippen molar-refractivity contribution in [3.63, 3.8) is 0 Å². The van der Waals surface area contributed by atoms with E-state index in [1.807, 2.05) is 24.3 Å². The Morgan fingerprint density at radius 3 is 2.11 bits per heavy atom. The van der Waals surface area contributed by atoms with Crippen molar-refractivity contribution >= 4 is 25.8 Å². The van der Waals surface area contributed by atoms with Gasteiger partial charge in [-0.1, -0.05) is 28.1 Å². The normalized spacial score (nSPS) is 11.3. The fourth-order valence-electron chi connectivity index (χ4n) is 1.53. The zero-order chi connectivity index (χ0) is 13.9. The van der Waals surface area contributed by atoms with Crippen LogP contribution < -0.4 is 4.74 Å². The number of sulfone groups is 1. The van der Waals surface area contributed by atoms with Crippen LogP contribution in [0.25, 0.3) is 0 Å². The molecular formula is C14H13BrO3S. The van der Waals surface area contributed by atoms with Crippen LogP contribution in [0.4, 0.5) is 0 Å². The molecule has 0 radical (unpaired) electrons. The average Bonchev–Trinajstić information content (AvgIpc) is 2.37. The molecule has 0 aliphatic rings. The second kappa shape index (κ2) is 5.75. The highest BCUT2D eigenvalue weighted by Crippen LogP contribution is 2.18. The van der Waals surface area contributed by atoms with E-state index in [2.05, 4.69) is 15.9 Å². The van der Waals surface area contributed by atoms with Crippen LogP contribution in [0.5, 0.6) is 5.75 Å². The number of rotatable bonds is 4. The largest absolute Gasteiger partial charge is 0.489 e. The summed E-state index contributed by atoms with van der Waals surface area (Å²) in [5.41, 5.74) is 1.05. The van der Waals surface area contributed by atoms with Crippen molar-refractivity contribution in [2.75, 3.05) is 6.26 Å². The Labute approximate surface area is 121 Å². The highest BCUT2D eigenvalue weighted by atomic mass is 79.9. The van der Waals surface area contributed by atoms with Gasteiger partial charge in [-0.05, 0) is 42.0 Å². The van der Waals surface area contributed by atoms with Crippen molar-refractivity contribution in [1.29, 1.82) is 0 Å². The fraction of sp³-hybridized carbons (Fsp3) is 0.143. The molecule has 0 aliphatic carbocycles. The Morgan fingerprint density at radius 1 is 1.00 bits per heavy atom. The van der Waals surface area contributed by atoms with Crippen LogP contribution in [0.1, 0.15) is 5.56 Å². The molecule has 0 N–H and O–H groups in total. The molecule has 0 spiro atoms. The first-order valence-corrected chi connectivity index (χ1v) is 8.31. The molecule has 0 aliphatic heterocycles. The first-order valence-electron chi connectivity index (χ1n) is 5.62. The summed E-state index contributed by atoms with van der Waals surface area (Å²) in [6.07, 6.45) is 1.19. The molecule has 0 heterocycles. The molecule has 2 aromatic carbocycles. The molecule has 2 aromatic rings. The minimum atomic E-state index is -3.15. The van der Waals surface area contributed by atoms with Crippen LogP contribution in [0, 0.1) is 0 Å². The Kier molecular flexibility index (Phi) is 4.27. The van der Waals surface area contributed by atoms with Gasteiger partial charge in [0, 0.05) is 10.7 Å². The van der Waals surface area contributed by atoms with Gasteiger partial charge in [-0.15, -0.1) is 0 Å². The van der Waals surface area contributed by atoms with Crippen molar-refractivity contribution < 1.29 is 13.2 Å². The van der Waals surface area contributed by atoms with E-state index in [-0.39, 0.29) is 0 Å². The quantitative estimate of drug-likeness (QED) is 0.856. The summed E-state index contributed by atoms with van der Waals surface area (Å²) in [6.45, 7) is 0.450. The van der Waals surface area contributed by atoms with E-state index in [0.717, 1.165) is 10.0 Å². The summed E-state index contributed by atoms with van der Waals surface area (Å²) in [6, 6.07) is 14.3. The third kappa shape index (κ3) is 4.08. The van der Waals surface area contributed by atoms with E-state index in [1.54, 1.807) is 24.3 Å². The van der Waals surface area contributed by atoms with E-state index >= 15 is 0 Å². The summed E-state index contributed by atoms with van der Waals surface area (Å²) in [5, 5.41) is 0. The lowest BCUT2D eigenvalue weighted by Gasteiger charge is -2.07. The molecule has 5 heteroatoms. The molecule has 3 nitrogen and oxygen atoms in total. The molecule has 0 unspecified atom stereocenters. The highest BCUT2D eigenvalue weighted by molar-refractivity contribution is 9.10. The number of hydrogen-bond acceptors (Lipinski definition) is 3. The number of hydrogen-bond donors (Lipinski definition) is 0. The third-order valence-electron chi connectivity index (χ3n) is 2.57. The van der Waals surface area contributed by atoms with E-state index in [0.29, 0.717) is 17.3 Å². The standard InChI is InChI=1S/C14H13BrO3S/c1-19(16,17)14-8-6-13(7-9-14)18-10-11-2-4-12(15)5-3-11/h2-9H,10H2,1H3. The van der Waals surface area contributed by atoms with Crippen LogP contribution in [0.3, 0.4) is 0 Å². The lowest BCUT2D eigenvalue weighted by molar-refractivity contribution is 0.306. The second-order valence-electron chi connectivity index (χ2n) is 4.16. The van der Waals surface area contributed by atoms with Gasteiger partial charge in [-0.2, -0.15) is 0 Å². The van der Waals surface area contributed by atoms with E-state index in [9.17, 15) is 8.42 Å². The van der Waals surface area contributed by atoms with Gasteiger partial charge in [0.25, 0.3) is 0 Å². The van der Waals surface area contributed by atoms with Crippen LogP contribution in [0.2, 0.25) is 0 Å². The van der Waals surface area contributed by atoms with Crippen LogP contribution >= 0.6 is 15.9 Å². The van der Waals surface area contributed by atoms with Gasteiger partial charge in [-0.3, -0.25) is 0 Å². The first kappa shape index (κ1) is 14.1. The monoisotopic (exact) mass is 340 g/mol. The minimum Gasteiger partial charge on any atom is -0.489 e. The van der Waals surface area contributed by atoms with Gasteiger partial charge in [0.1, 0.15) is 12.4 Å². The molecule has 19 heavy (non-hydrogen) atoms. The molecular weight excluding hydrogens is 328 g/mol. The van der Waals surface area contributed by atoms with Crippen LogP contribution in [-0.2, 0) is 16.4 Å². The topological polar surface area (TPSA) is 43.4 Å². The molecule has 0 aromatic heterocycles. The molecule has 100 valence electrons. The average molecular weight is 341 g/mol. The second-order valence-corrected chi connectivity index (χ2v) is 7.09. The summed E-state index contributed by atoms with van der Waals surface area (Å²) in [5.74, 6) is 0.648. The molecule has 0 amide bonds. The summed E-state index contributed by atoms with van der Waals surface area (Å²) < 4.78 is 29.2. The van der Waals surface area contributed by atoms with Crippen LogP contribution in [-0.4, -0.2) is 14.7 Å². The molecule has 2 rings (SSSR count). The van der Waals surface area contributed by atoms with Crippen LogP contribution in [0.15, 0.2) is 57.9 Å². The van der Waals surface area contributed by atoms with Crippen molar-refractivity contribution in [1.82, 2.24) is 0 Å². The summed E-state index contributed by atoms with van der Waals surface area (Å²) in [4.78, 5) is 0.295. The molecule has 0 atom stereocenters. The Balaban J connectivity index is 2.02. The van der Waals surface area contributed by atoms with Gasteiger partial charge >= 0.3 is 0 Å². The van der Waals surface area contributed by atoms with E-state index < -0.39 is 9.84 Å². The fourth-order valence-corrected chi connectivity index (χ4v) is 2.43. The number of halogens is 1. The minimum absolute atomic E-state index is 0.295. The predicted molar refractivity (Wildman–Crippen MR) is 78.0 cm³/mol.